The van der Waals surface area contributed by atoms with Crippen LogP contribution in [-0.4, -0.2) is 26.4 Å². The van der Waals surface area contributed by atoms with Crippen LogP contribution in [0.3, 0.4) is 0 Å². The third-order valence-electron chi connectivity index (χ3n) is 2.58. The average Bonchev–Trinajstić information content (AvgIpc) is 2.28. The molecule has 2 nitrogen and oxygen atoms in total. The van der Waals surface area contributed by atoms with Crippen molar-refractivity contribution in [3.8, 4) is 5.75 Å². The summed E-state index contributed by atoms with van der Waals surface area (Å²) in [7, 11) is 1.59. The van der Waals surface area contributed by atoms with E-state index in [2.05, 4.69) is 5.32 Å². The molecule has 1 unspecified atom stereocenters. The first-order chi connectivity index (χ1) is 8.42. The number of methoxy groups -OCH3 is 1. The summed E-state index contributed by atoms with van der Waals surface area (Å²) >= 11 is 0. The van der Waals surface area contributed by atoms with Crippen molar-refractivity contribution in [2.24, 2.45) is 5.92 Å². The van der Waals surface area contributed by atoms with E-state index in [1.165, 1.54) is 0 Å². The van der Waals surface area contributed by atoms with E-state index in [0.29, 0.717) is 13.0 Å². The zero-order valence-corrected chi connectivity index (χ0v) is 10.6. The molecule has 0 aromatic heterocycles. The Hall–Kier alpha value is -1.23. The van der Waals surface area contributed by atoms with Gasteiger partial charge >= 0.3 is 6.18 Å². The summed E-state index contributed by atoms with van der Waals surface area (Å²) in [5, 5.41) is 2.42. The Labute approximate surface area is 105 Å². The molecule has 1 aromatic carbocycles. The molecule has 0 fully saturated rings. The van der Waals surface area contributed by atoms with E-state index in [1.807, 2.05) is 31.2 Å². The van der Waals surface area contributed by atoms with E-state index < -0.39 is 12.7 Å². The van der Waals surface area contributed by atoms with E-state index >= 15 is 0 Å². The number of rotatable bonds is 6. The molecule has 0 aliphatic heterocycles. The third-order valence-corrected chi connectivity index (χ3v) is 2.58. The van der Waals surface area contributed by atoms with Crippen molar-refractivity contribution < 1.29 is 17.9 Å². The van der Waals surface area contributed by atoms with Gasteiger partial charge in [-0.2, -0.15) is 13.2 Å². The zero-order valence-electron chi connectivity index (χ0n) is 10.6. The predicted octanol–water partition coefficient (Wildman–Crippen LogP) is 3.03. The fourth-order valence-corrected chi connectivity index (χ4v) is 1.78. The highest BCUT2D eigenvalue weighted by Crippen LogP contribution is 2.20. The molecule has 0 saturated heterocycles. The quantitative estimate of drug-likeness (QED) is 0.850. The number of benzene rings is 1. The summed E-state index contributed by atoms with van der Waals surface area (Å²) in [6.45, 7) is 1.30. The van der Waals surface area contributed by atoms with Crippen LogP contribution in [0.5, 0.6) is 5.75 Å². The zero-order chi connectivity index (χ0) is 13.6. The minimum Gasteiger partial charge on any atom is -0.496 e. The maximum absolute atomic E-state index is 12.0. The van der Waals surface area contributed by atoms with Crippen molar-refractivity contribution in [3.05, 3.63) is 29.8 Å². The standard InChI is InChI=1S/C13H18F3NO/c1-10(8-17-9-13(14,15)16)7-11-5-3-4-6-12(11)18-2/h3-6,10,17H,7-9H2,1-2H3. The Kier molecular flexibility index (Phi) is 5.47. The summed E-state index contributed by atoms with van der Waals surface area (Å²) in [5.74, 6) is 0.892. The predicted molar refractivity (Wildman–Crippen MR) is 64.8 cm³/mol. The van der Waals surface area contributed by atoms with Crippen LogP contribution in [0.2, 0.25) is 0 Å². The van der Waals surface area contributed by atoms with Crippen LogP contribution >= 0.6 is 0 Å². The Morgan fingerprint density at radius 1 is 1.28 bits per heavy atom. The van der Waals surface area contributed by atoms with E-state index in [-0.39, 0.29) is 5.92 Å². The van der Waals surface area contributed by atoms with Gasteiger partial charge in [-0.25, -0.2) is 0 Å². The Balaban J connectivity index is 2.42. The van der Waals surface area contributed by atoms with Crippen LogP contribution in [0.4, 0.5) is 13.2 Å². The topological polar surface area (TPSA) is 21.3 Å². The van der Waals surface area contributed by atoms with Crippen molar-refractivity contribution >= 4 is 0 Å². The fraction of sp³-hybridized carbons (Fsp3) is 0.538. The minimum atomic E-state index is -4.15. The van der Waals surface area contributed by atoms with Crippen LogP contribution in [0.1, 0.15) is 12.5 Å². The van der Waals surface area contributed by atoms with Gasteiger partial charge in [0.25, 0.3) is 0 Å². The first kappa shape index (κ1) is 14.8. The van der Waals surface area contributed by atoms with Gasteiger partial charge in [0.15, 0.2) is 0 Å². The lowest BCUT2D eigenvalue weighted by Crippen LogP contribution is -2.32. The van der Waals surface area contributed by atoms with Crippen molar-refractivity contribution in [2.45, 2.75) is 19.5 Å². The summed E-state index contributed by atoms with van der Waals surface area (Å²) in [6, 6.07) is 7.55. The maximum atomic E-state index is 12.0. The normalized spacial score (nSPS) is 13.4. The molecule has 0 radical (unpaired) electrons. The van der Waals surface area contributed by atoms with Gasteiger partial charge in [-0.15, -0.1) is 0 Å². The molecule has 0 heterocycles. The minimum absolute atomic E-state index is 0.114. The molecule has 0 spiro atoms. The second-order valence-corrected chi connectivity index (χ2v) is 4.37. The number of para-hydroxylation sites is 1. The molecule has 102 valence electrons. The van der Waals surface area contributed by atoms with E-state index in [4.69, 9.17) is 4.74 Å². The Morgan fingerprint density at radius 2 is 1.94 bits per heavy atom. The number of nitrogens with one attached hydrogen (secondary N) is 1. The van der Waals surface area contributed by atoms with E-state index in [9.17, 15) is 13.2 Å². The van der Waals surface area contributed by atoms with Gasteiger partial charge in [0, 0.05) is 0 Å². The van der Waals surface area contributed by atoms with Gasteiger partial charge in [-0.1, -0.05) is 25.1 Å². The number of alkyl halides is 3. The van der Waals surface area contributed by atoms with Gasteiger partial charge in [-0.3, -0.25) is 0 Å². The summed E-state index contributed by atoms with van der Waals surface area (Å²) < 4.78 is 41.1. The van der Waals surface area contributed by atoms with Gasteiger partial charge in [0.2, 0.25) is 0 Å². The number of halogens is 3. The smallest absolute Gasteiger partial charge is 0.401 e. The molecule has 0 aliphatic rings. The molecule has 0 amide bonds. The number of hydrogen-bond acceptors (Lipinski definition) is 2. The van der Waals surface area contributed by atoms with Gasteiger partial charge < -0.3 is 10.1 Å². The van der Waals surface area contributed by atoms with Crippen LogP contribution in [0, 0.1) is 5.92 Å². The van der Waals surface area contributed by atoms with Crippen molar-refractivity contribution in [1.82, 2.24) is 5.32 Å². The monoisotopic (exact) mass is 261 g/mol. The second-order valence-electron chi connectivity index (χ2n) is 4.37. The third kappa shape index (κ3) is 5.40. The summed E-state index contributed by atoms with van der Waals surface area (Å²) in [5.41, 5.74) is 1.02. The largest absolute Gasteiger partial charge is 0.496 e. The molecule has 1 N–H and O–H groups in total. The molecule has 0 aliphatic carbocycles. The molecule has 5 heteroatoms. The molecule has 0 bridgehead atoms. The van der Waals surface area contributed by atoms with Gasteiger partial charge in [-0.05, 0) is 30.5 Å². The fourth-order valence-electron chi connectivity index (χ4n) is 1.78. The van der Waals surface area contributed by atoms with E-state index in [0.717, 1.165) is 11.3 Å². The number of hydrogen-bond donors (Lipinski definition) is 1. The highest BCUT2D eigenvalue weighted by atomic mass is 19.4. The first-order valence-corrected chi connectivity index (χ1v) is 5.81. The molecule has 1 atom stereocenters. The van der Waals surface area contributed by atoms with Crippen molar-refractivity contribution in [2.75, 3.05) is 20.2 Å². The highest BCUT2D eigenvalue weighted by molar-refractivity contribution is 5.33. The first-order valence-electron chi connectivity index (χ1n) is 5.81. The Bertz CT molecular complexity index is 365. The number of ether oxygens (including phenoxy) is 1. The van der Waals surface area contributed by atoms with Crippen LogP contribution in [0.25, 0.3) is 0 Å². The second kappa shape index (κ2) is 6.64. The summed E-state index contributed by atoms with van der Waals surface area (Å²) in [4.78, 5) is 0. The van der Waals surface area contributed by atoms with Crippen LogP contribution < -0.4 is 10.1 Å². The van der Waals surface area contributed by atoms with Crippen molar-refractivity contribution in [1.29, 1.82) is 0 Å². The maximum Gasteiger partial charge on any atom is 0.401 e. The lowest BCUT2D eigenvalue weighted by atomic mass is 10.0. The SMILES string of the molecule is COc1ccccc1CC(C)CNCC(F)(F)F. The van der Waals surface area contributed by atoms with Gasteiger partial charge in [0.05, 0.1) is 13.7 Å². The molecule has 18 heavy (non-hydrogen) atoms. The Morgan fingerprint density at radius 3 is 2.56 bits per heavy atom. The summed E-state index contributed by atoms with van der Waals surface area (Å²) in [6.07, 6.45) is -3.46. The van der Waals surface area contributed by atoms with Crippen LogP contribution in [0.15, 0.2) is 24.3 Å². The lowest BCUT2D eigenvalue weighted by Gasteiger charge is -2.15. The average molecular weight is 261 g/mol. The molecule has 1 rings (SSSR count). The highest BCUT2D eigenvalue weighted by Gasteiger charge is 2.26. The molecular formula is C13H18F3NO. The van der Waals surface area contributed by atoms with Crippen LogP contribution in [-0.2, 0) is 6.42 Å². The van der Waals surface area contributed by atoms with Gasteiger partial charge in [0.1, 0.15) is 5.75 Å². The van der Waals surface area contributed by atoms with E-state index in [1.54, 1.807) is 7.11 Å². The lowest BCUT2D eigenvalue weighted by molar-refractivity contribution is -0.125. The molecular weight excluding hydrogens is 243 g/mol. The molecule has 1 aromatic rings. The molecule has 0 saturated carbocycles. The van der Waals surface area contributed by atoms with Crippen molar-refractivity contribution in [3.63, 3.8) is 0 Å².